The van der Waals surface area contributed by atoms with E-state index in [-0.39, 0.29) is 5.91 Å². The number of nitrogens with one attached hydrogen (secondary N) is 2. The van der Waals surface area contributed by atoms with Crippen molar-refractivity contribution in [2.45, 2.75) is 38.1 Å². The van der Waals surface area contributed by atoms with Gasteiger partial charge in [-0.25, -0.2) is 5.09 Å². The second-order valence-electron chi connectivity index (χ2n) is 6.41. The quantitative estimate of drug-likeness (QED) is 0.805. The zero-order valence-corrected chi connectivity index (χ0v) is 14.4. The van der Waals surface area contributed by atoms with Gasteiger partial charge in [-0.05, 0) is 43.7 Å². The Hall–Kier alpha value is -1.84. The number of benzene rings is 1. The average Bonchev–Trinajstić information content (AvgIpc) is 2.80. The molecule has 1 aliphatic carbocycles. The number of hydrogen-bond donors (Lipinski definition) is 2. The second kappa shape index (κ2) is 6.23. The summed E-state index contributed by atoms with van der Waals surface area (Å²) < 4.78 is 19.6. The maximum absolute atomic E-state index is 13.7. The van der Waals surface area contributed by atoms with Gasteiger partial charge >= 0.3 is 7.52 Å². The first kappa shape index (κ1) is 15.7. The predicted molar refractivity (Wildman–Crippen MR) is 93.8 cm³/mol. The molecule has 0 spiro atoms. The van der Waals surface area contributed by atoms with Crippen LogP contribution in [0.4, 0.5) is 0 Å². The van der Waals surface area contributed by atoms with Crippen LogP contribution in [0, 0.1) is 0 Å². The lowest BCUT2D eigenvalue weighted by molar-refractivity contribution is -0.122. The lowest BCUT2D eigenvalue weighted by atomic mass is 9.98. The molecule has 2 N–H and O–H groups in total. The molecule has 2 aliphatic heterocycles. The Balaban J connectivity index is 1.73. The minimum Gasteiger partial charge on any atom is -0.429 e. The number of rotatable bonds is 2. The molecular weight excluding hydrogens is 323 g/mol. The Labute approximate surface area is 141 Å². The lowest BCUT2D eigenvalue weighted by Crippen LogP contribution is -2.42. The third kappa shape index (κ3) is 2.72. The Morgan fingerprint density at radius 1 is 1.25 bits per heavy atom. The molecule has 0 aromatic heterocycles. The van der Waals surface area contributed by atoms with Gasteiger partial charge < -0.3 is 9.84 Å². The number of amides is 1. The molecule has 2 atom stereocenters. The fraction of sp³-hybridized carbons (Fsp3) is 0.389. The third-order valence-corrected chi connectivity index (χ3v) is 7.04. The van der Waals surface area contributed by atoms with E-state index in [1.807, 2.05) is 30.3 Å². The highest BCUT2D eigenvalue weighted by molar-refractivity contribution is 7.62. The molecule has 1 aromatic carbocycles. The van der Waals surface area contributed by atoms with Crippen molar-refractivity contribution in [2.75, 3.05) is 6.54 Å². The maximum atomic E-state index is 13.7. The van der Waals surface area contributed by atoms with E-state index in [9.17, 15) is 9.36 Å². The van der Waals surface area contributed by atoms with Crippen LogP contribution in [-0.2, 0) is 9.36 Å². The zero-order chi connectivity index (χ0) is 16.6. The minimum atomic E-state index is -3.28. The van der Waals surface area contributed by atoms with Gasteiger partial charge in [0.05, 0.1) is 6.04 Å². The Kier molecular flexibility index (Phi) is 4.07. The molecule has 0 radical (unpaired) electrons. The van der Waals surface area contributed by atoms with E-state index in [4.69, 9.17) is 4.52 Å². The van der Waals surface area contributed by atoms with E-state index in [2.05, 4.69) is 16.5 Å². The van der Waals surface area contributed by atoms with E-state index < -0.39 is 13.6 Å². The number of fused-ring (bicyclic) bond motifs is 2. The molecule has 5 nitrogen and oxygen atoms in total. The van der Waals surface area contributed by atoms with Gasteiger partial charge in [-0.3, -0.25) is 9.36 Å². The molecule has 2 unspecified atom stereocenters. The van der Waals surface area contributed by atoms with Crippen LogP contribution in [0.3, 0.4) is 0 Å². The highest BCUT2D eigenvalue weighted by Crippen LogP contribution is 2.61. The fourth-order valence-corrected chi connectivity index (χ4v) is 5.88. The predicted octanol–water partition coefficient (Wildman–Crippen LogP) is 3.59. The van der Waals surface area contributed by atoms with Crippen molar-refractivity contribution in [3.05, 3.63) is 47.3 Å². The monoisotopic (exact) mass is 344 g/mol. The summed E-state index contributed by atoms with van der Waals surface area (Å²) in [5.41, 5.74) is 1.95. The van der Waals surface area contributed by atoms with Crippen LogP contribution < -0.4 is 14.9 Å². The molecule has 2 heterocycles. The van der Waals surface area contributed by atoms with Gasteiger partial charge in [0.2, 0.25) is 5.91 Å². The fourth-order valence-electron chi connectivity index (χ4n) is 3.54. The van der Waals surface area contributed by atoms with E-state index in [0.717, 1.165) is 35.7 Å². The maximum Gasteiger partial charge on any atom is 0.344 e. The van der Waals surface area contributed by atoms with Gasteiger partial charge in [-0.1, -0.05) is 30.4 Å². The van der Waals surface area contributed by atoms with Crippen molar-refractivity contribution in [3.8, 4) is 5.75 Å². The molecule has 4 rings (SSSR count). The lowest BCUT2D eigenvalue weighted by Gasteiger charge is -2.33. The van der Waals surface area contributed by atoms with Gasteiger partial charge in [-0.15, -0.1) is 0 Å². The van der Waals surface area contributed by atoms with Crippen LogP contribution in [0.15, 0.2) is 41.7 Å². The molecule has 0 bridgehead atoms. The third-order valence-electron chi connectivity index (χ3n) is 4.76. The summed E-state index contributed by atoms with van der Waals surface area (Å²) in [5.74, 6) is 0.534. The molecule has 1 fully saturated rings. The molecular formula is C18H21N2O3P. The zero-order valence-electron chi connectivity index (χ0n) is 13.5. The second-order valence-corrected chi connectivity index (χ2v) is 8.49. The molecule has 6 heteroatoms. The van der Waals surface area contributed by atoms with Crippen LogP contribution in [0.25, 0.3) is 5.57 Å². The van der Waals surface area contributed by atoms with Crippen LogP contribution >= 0.6 is 7.52 Å². The van der Waals surface area contributed by atoms with Crippen LogP contribution in [-0.4, -0.2) is 18.5 Å². The Morgan fingerprint density at radius 3 is 3.04 bits per heavy atom. The van der Waals surface area contributed by atoms with Crippen LogP contribution in [0.5, 0.6) is 5.75 Å². The molecule has 1 amide bonds. The number of para-hydroxylation sites is 1. The summed E-state index contributed by atoms with van der Waals surface area (Å²) in [4.78, 5) is 12.3. The summed E-state index contributed by atoms with van der Waals surface area (Å²) in [7, 11) is -3.28. The molecule has 0 saturated carbocycles. The number of carbonyl (C=O) groups excluding carboxylic acids is 1. The van der Waals surface area contributed by atoms with E-state index in [0.29, 0.717) is 25.1 Å². The summed E-state index contributed by atoms with van der Waals surface area (Å²) in [6.45, 7) is 0.682. The topological polar surface area (TPSA) is 67.4 Å². The standard InChI is InChI=1S/C18H21N2O3P/c21-18-15(9-5-6-12-19-18)20-24(22)17-11-4-2-8-14(17)13-7-1-3-10-16(13)23-24/h1-3,7-8,10,15H,4-6,9,11-12H2,(H,19,21)(H,20,22). The van der Waals surface area contributed by atoms with Gasteiger partial charge in [0.15, 0.2) is 0 Å². The van der Waals surface area contributed by atoms with Crippen molar-refractivity contribution in [2.24, 2.45) is 0 Å². The van der Waals surface area contributed by atoms with Crippen molar-refractivity contribution < 1.29 is 13.9 Å². The molecule has 24 heavy (non-hydrogen) atoms. The van der Waals surface area contributed by atoms with Gasteiger partial charge in [-0.2, -0.15) is 0 Å². The first-order chi connectivity index (χ1) is 11.7. The number of carbonyl (C=O) groups is 1. The Morgan fingerprint density at radius 2 is 2.12 bits per heavy atom. The average molecular weight is 344 g/mol. The SMILES string of the molecule is O=C1NCCCCC1NP1(=O)Oc2ccccc2C2=C1CCC=C2. The summed E-state index contributed by atoms with van der Waals surface area (Å²) in [5, 5.41) is 6.78. The van der Waals surface area contributed by atoms with Crippen molar-refractivity contribution >= 4 is 19.0 Å². The highest BCUT2D eigenvalue weighted by Gasteiger charge is 2.41. The summed E-state index contributed by atoms with van der Waals surface area (Å²) >= 11 is 0. The summed E-state index contributed by atoms with van der Waals surface area (Å²) in [6, 6.07) is 7.19. The van der Waals surface area contributed by atoms with E-state index in [1.54, 1.807) is 0 Å². The Bertz CT molecular complexity index is 784. The van der Waals surface area contributed by atoms with E-state index >= 15 is 0 Å². The van der Waals surface area contributed by atoms with Gasteiger partial charge in [0.1, 0.15) is 5.75 Å². The minimum absolute atomic E-state index is 0.0846. The van der Waals surface area contributed by atoms with Crippen LogP contribution in [0.1, 0.15) is 37.7 Å². The first-order valence-corrected chi connectivity index (χ1v) is 10.1. The number of allylic oxidation sites excluding steroid dienone is 4. The molecule has 1 saturated heterocycles. The normalized spacial score (nSPS) is 29.2. The smallest absolute Gasteiger partial charge is 0.344 e. The number of hydrogen-bond acceptors (Lipinski definition) is 3. The van der Waals surface area contributed by atoms with Crippen molar-refractivity contribution in [1.82, 2.24) is 10.4 Å². The van der Waals surface area contributed by atoms with Crippen LogP contribution in [0.2, 0.25) is 0 Å². The van der Waals surface area contributed by atoms with Gasteiger partial charge in [0, 0.05) is 17.4 Å². The van der Waals surface area contributed by atoms with Crippen molar-refractivity contribution in [1.29, 1.82) is 0 Å². The largest absolute Gasteiger partial charge is 0.429 e. The van der Waals surface area contributed by atoms with Crippen molar-refractivity contribution in [3.63, 3.8) is 0 Å². The molecule has 3 aliphatic rings. The van der Waals surface area contributed by atoms with E-state index in [1.165, 1.54) is 0 Å². The first-order valence-electron chi connectivity index (χ1n) is 8.52. The summed E-state index contributed by atoms with van der Waals surface area (Å²) in [6.07, 6.45) is 8.23. The van der Waals surface area contributed by atoms with Gasteiger partial charge in [0.25, 0.3) is 0 Å². The molecule has 126 valence electrons. The highest BCUT2D eigenvalue weighted by atomic mass is 31.2. The molecule has 1 aromatic rings.